The van der Waals surface area contributed by atoms with E-state index in [0.29, 0.717) is 24.9 Å². The van der Waals surface area contributed by atoms with Gasteiger partial charge in [0.1, 0.15) is 23.6 Å². The van der Waals surface area contributed by atoms with E-state index in [1.54, 1.807) is 0 Å². The second-order valence-corrected chi connectivity index (χ2v) is 5.55. The number of rotatable bonds is 5. The highest BCUT2D eigenvalue weighted by atomic mass is 127. The summed E-state index contributed by atoms with van der Waals surface area (Å²) in [6.45, 7) is 7.59. The van der Waals surface area contributed by atoms with Gasteiger partial charge in [0.05, 0.1) is 12.2 Å². The topological polar surface area (TPSA) is 75.6 Å². The summed E-state index contributed by atoms with van der Waals surface area (Å²) in [4.78, 5) is 8.91. The van der Waals surface area contributed by atoms with Gasteiger partial charge in [0.2, 0.25) is 5.89 Å². The molecule has 2 heterocycles. The maximum atomic E-state index is 5.78. The molecule has 0 unspecified atom stereocenters. The summed E-state index contributed by atoms with van der Waals surface area (Å²) in [6, 6.07) is 9.97. The second kappa shape index (κ2) is 8.89. The number of guanidine groups is 1. The van der Waals surface area contributed by atoms with Gasteiger partial charge in [-0.25, -0.2) is 9.98 Å². The number of furan rings is 1. The van der Waals surface area contributed by atoms with Gasteiger partial charge < -0.3 is 19.5 Å². The molecule has 0 aliphatic heterocycles. The fraction of sp³-hybridized carbons (Fsp3) is 0.333. The Bertz CT molecular complexity index is 801. The number of fused-ring (bicyclic) bond motifs is 1. The zero-order valence-corrected chi connectivity index (χ0v) is 17.0. The Kier molecular flexibility index (Phi) is 6.86. The Balaban J connectivity index is 0.00000225. The van der Waals surface area contributed by atoms with Gasteiger partial charge in [-0.05, 0) is 32.9 Å². The number of halogens is 1. The van der Waals surface area contributed by atoms with Crippen LogP contribution in [0.2, 0.25) is 0 Å². The van der Waals surface area contributed by atoms with Crippen LogP contribution >= 0.6 is 24.0 Å². The Morgan fingerprint density at radius 2 is 1.96 bits per heavy atom. The molecule has 3 rings (SSSR count). The minimum absolute atomic E-state index is 0. The first-order valence-electron chi connectivity index (χ1n) is 8.08. The molecule has 2 aromatic heterocycles. The summed E-state index contributed by atoms with van der Waals surface area (Å²) in [7, 11) is 0. The average molecular weight is 454 g/mol. The zero-order chi connectivity index (χ0) is 16.9. The third kappa shape index (κ3) is 4.97. The highest BCUT2D eigenvalue weighted by molar-refractivity contribution is 14.0. The molecule has 0 amide bonds. The van der Waals surface area contributed by atoms with Crippen molar-refractivity contribution in [2.75, 3.05) is 6.54 Å². The van der Waals surface area contributed by atoms with Gasteiger partial charge in [0, 0.05) is 11.9 Å². The molecular formula is C18H23IN4O2. The second-order valence-electron chi connectivity index (χ2n) is 5.55. The lowest BCUT2D eigenvalue weighted by Gasteiger charge is -2.09. The number of hydrogen-bond acceptors (Lipinski definition) is 4. The minimum atomic E-state index is 0. The van der Waals surface area contributed by atoms with Gasteiger partial charge in [-0.15, -0.1) is 24.0 Å². The number of aromatic nitrogens is 1. The van der Waals surface area contributed by atoms with Crippen molar-refractivity contribution in [2.24, 2.45) is 4.99 Å². The number of nitrogens with one attached hydrogen (secondary N) is 2. The van der Waals surface area contributed by atoms with Crippen molar-refractivity contribution in [2.45, 2.75) is 33.9 Å². The summed E-state index contributed by atoms with van der Waals surface area (Å²) in [5, 5.41) is 7.52. The highest BCUT2D eigenvalue weighted by Gasteiger charge is 2.07. The Hall–Kier alpha value is -2.03. The van der Waals surface area contributed by atoms with Crippen LogP contribution in [-0.2, 0) is 13.1 Å². The Morgan fingerprint density at radius 3 is 2.64 bits per heavy atom. The van der Waals surface area contributed by atoms with Gasteiger partial charge in [-0.2, -0.15) is 0 Å². The van der Waals surface area contributed by atoms with Crippen LogP contribution in [0.4, 0.5) is 0 Å². The third-order valence-corrected chi connectivity index (χ3v) is 3.69. The largest absolute Gasteiger partial charge is 0.459 e. The molecule has 6 nitrogen and oxygen atoms in total. The third-order valence-electron chi connectivity index (χ3n) is 3.69. The molecule has 0 saturated carbocycles. The van der Waals surface area contributed by atoms with Crippen LogP contribution in [0.25, 0.3) is 11.0 Å². The molecule has 0 atom stereocenters. The van der Waals surface area contributed by atoms with Crippen molar-refractivity contribution in [3.63, 3.8) is 0 Å². The van der Waals surface area contributed by atoms with E-state index in [0.717, 1.165) is 34.7 Å². The maximum Gasteiger partial charge on any atom is 0.214 e. The number of aryl methyl sites for hydroxylation is 2. The van der Waals surface area contributed by atoms with E-state index < -0.39 is 0 Å². The smallest absolute Gasteiger partial charge is 0.214 e. The van der Waals surface area contributed by atoms with Crippen LogP contribution < -0.4 is 10.6 Å². The van der Waals surface area contributed by atoms with E-state index in [9.17, 15) is 0 Å². The van der Waals surface area contributed by atoms with Crippen molar-refractivity contribution >= 4 is 40.9 Å². The number of aliphatic imine (C=N–C) groups is 1. The molecule has 0 bridgehead atoms. The van der Waals surface area contributed by atoms with E-state index >= 15 is 0 Å². The fourth-order valence-corrected chi connectivity index (χ4v) is 2.39. The average Bonchev–Trinajstić information content (AvgIpc) is 3.13. The highest BCUT2D eigenvalue weighted by Crippen LogP contribution is 2.19. The van der Waals surface area contributed by atoms with Gasteiger partial charge in [0.15, 0.2) is 5.96 Å². The fourth-order valence-electron chi connectivity index (χ4n) is 2.39. The molecule has 134 valence electrons. The van der Waals surface area contributed by atoms with E-state index in [4.69, 9.17) is 8.83 Å². The molecule has 0 fully saturated rings. The van der Waals surface area contributed by atoms with E-state index in [2.05, 4.69) is 20.6 Å². The number of benzene rings is 1. The Morgan fingerprint density at radius 1 is 1.16 bits per heavy atom. The van der Waals surface area contributed by atoms with Crippen molar-refractivity contribution < 1.29 is 8.83 Å². The molecule has 25 heavy (non-hydrogen) atoms. The summed E-state index contributed by atoms with van der Waals surface area (Å²) in [5.41, 5.74) is 1.79. The van der Waals surface area contributed by atoms with E-state index in [1.165, 1.54) is 0 Å². The lowest BCUT2D eigenvalue weighted by molar-refractivity contribution is 0.463. The van der Waals surface area contributed by atoms with Crippen LogP contribution in [0.1, 0.15) is 30.0 Å². The SMILES string of the molecule is CCNC(=NCc1cc2ccccc2o1)NCc1nc(C)c(C)o1.I. The first kappa shape index (κ1) is 19.3. The predicted molar refractivity (Wildman–Crippen MR) is 109 cm³/mol. The summed E-state index contributed by atoms with van der Waals surface area (Å²) in [5.74, 6) is 3.03. The van der Waals surface area contributed by atoms with Crippen molar-refractivity contribution in [3.05, 3.63) is 53.4 Å². The molecule has 0 saturated heterocycles. The lowest BCUT2D eigenvalue weighted by Crippen LogP contribution is -2.36. The maximum absolute atomic E-state index is 5.78. The standard InChI is InChI=1S/C18H22N4O2.HI/c1-4-19-18(21-11-17-22-12(2)13(3)23-17)20-10-15-9-14-7-5-6-8-16(14)24-15;/h5-9H,4,10-11H2,1-3H3,(H2,19,20,21);1H. The first-order chi connectivity index (χ1) is 11.7. The van der Waals surface area contributed by atoms with Crippen molar-refractivity contribution in [3.8, 4) is 0 Å². The minimum Gasteiger partial charge on any atom is -0.459 e. The van der Waals surface area contributed by atoms with Gasteiger partial charge in [-0.1, -0.05) is 18.2 Å². The van der Waals surface area contributed by atoms with E-state index in [1.807, 2.05) is 51.1 Å². The van der Waals surface area contributed by atoms with Crippen molar-refractivity contribution in [1.29, 1.82) is 0 Å². The normalized spacial score (nSPS) is 11.4. The molecular weight excluding hydrogens is 431 g/mol. The molecule has 2 N–H and O–H groups in total. The molecule has 1 aromatic carbocycles. The summed E-state index contributed by atoms with van der Waals surface area (Å²) < 4.78 is 11.4. The first-order valence-corrected chi connectivity index (χ1v) is 8.08. The van der Waals surface area contributed by atoms with Crippen LogP contribution in [0.15, 0.2) is 44.2 Å². The molecule has 0 aliphatic rings. The lowest BCUT2D eigenvalue weighted by atomic mass is 10.2. The van der Waals surface area contributed by atoms with Crippen molar-refractivity contribution in [1.82, 2.24) is 15.6 Å². The number of para-hydroxylation sites is 1. The molecule has 0 aliphatic carbocycles. The number of oxazole rings is 1. The number of nitrogens with zero attached hydrogens (tertiary/aromatic N) is 2. The monoisotopic (exact) mass is 454 g/mol. The molecule has 3 aromatic rings. The zero-order valence-electron chi connectivity index (χ0n) is 14.6. The quantitative estimate of drug-likeness (QED) is 0.348. The van der Waals surface area contributed by atoms with Crippen LogP contribution in [-0.4, -0.2) is 17.5 Å². The van der Waals surface area contributed by atoms with Gasteiger partial charge in [-0.3, -0.25) is 0 Å². The van der Waals surface area contributed by atoms with Crippen LogP contribution in [0.5, 0.6) is 0 Å². The predicted octanol–water partition coefficient (Wildman–Crippen LogP) is 3.91. The van der Waals surface area contributed by atoms with Gasteiger partial charge >= 0.3 is 0 Å². The summed E-state index contributed by atoms with van der Waals surface area (Å²) >= 11 is 0. The molecule has 0 radical (unpaired) electrons. The number of hydrogen-bond donors (Lipinski definition) is 2. The van der Waals surface area contributed by atoms with Crippen LogP contribution in [0, 0.1) is 13.8 Å². The van der Waals surface area contributed by atoms with Crippen LogP contribution in [0.3, 0.4) is 0 Å². The van der Waals surface area contributed by atoms with E-state index in [-0.39, 0.29) is 24.0 Å². The van der Waals surface area contributed by atoms with Gasteiger partial charge in [0.25, 0.3) is 0 Å². The molecule has 7 heteroatoms. The molecule has 0 spiro atoms. The summed E-state index contributed by atoms with van der Waals surface area (Å²) in [6.07, 6.45) is 0. The Labute approximate surface area is 164 Å².